The Hall–Kier alpha value is -8.20. The SMILES string of the molecule is Cn1c(=O)c2c(-c3ccccc3)n3c(c2n(C)c1=O)[C@@H](c1ccco1)OCc1ccccc1-3.Cn1c(=O)c2c(-c3ccccc3)n3c(c2n(C)c1=O)[C@H](c1ccco1)OCc1ccccc1-3. The molecule has 0 N–H and O–H groups in total. The van der Waals surface area contributed by atoms with E-state index in [1.54, 1.807) is 26.6 Å². The Morgan fingerprint density at radius 3 is 1.20 bits per heavy atom. The van der Waals surface area contributed by atoms with E-state index in [0.29, 0.717) is 57.9 Å². The van der Waals surface area contributed by atoms with Crippen LogP contribution in [0.4, 0.5) is 0 Å². The van der Waals surface area contributed by atoms with Crippen molar-refractivity contribution in [2.75, 3.05) is 0 Å². The van der Waals surface area contributed by atoms with Crippen LogP contribution in [0.1, 0.15) is 46.2 Å². The third-order valence-electron chi connectivity index (χ3n) is 12.7. The monoisotopic (exact) mass is 878 g/mol. The summed E-state index contributed by atoms with van der Waals surface area (Å²) in [6.07, 6.45) is 1.99. The Morgan fingerprint density at radius 1 is 0.439 bits per heavy atom. The Bertz CT molecular complexity index is 3490. The molecule has 6 aromatic heterocycles. The van der Waals surface area contributed by atoms with Crippen molar-refractivity contribution in [3.63, 3.8) is 0 Å². The van der Waals surface area contributed by atoms with Gasteiger partial charge in [0.2, 0.25) is 0 Å². The van der Waals surface area contributed by atoms with Crippen LogP contribution in [0.25, 0.3) is 55.7 Å². The minimum atomic E-state index is -0.606. The first kappa shape index (κ1) is 40.6. The van der Waals surface area contributed by atoms with Gasteiger partial charge in [0.05, 0.1) is 81.7 Å². The summed E-state index contributed by atoms with van der Waals surface area (Å²) >= 11 is 0. The van der Waals surface area contributed by atoms with Crippen LogP contribution in [0.5, 0.6) is 0 Å². The van der Waals surface area contributed by atoms with Gasteiger partial charge in [-0.25, -0.2) is 9.59 Å². The second-order valence-electron chi connectivity index (χ2n) is 16.4. The van der Waals surface area contributed by atoms with Crippen LogP contribution in [-0.2, 0) is 50.9 Å². The predicted octanol–water partition coefficient (Wildman–Crippen LogP) is 7.82. The van der Waals surface area contributed by atoms with Crippen molar-refractivity contribution in [1.82, 2.24) is 27.4 Å². The number of fused-ring (bicyclic) bond motifs is 10. The summed E-state index contributed by atoms with van der Waals surface area (Å²) in [5, 5.41) is 0.940. The molecule has 0 saturated heterocycles. The molecule has 10 aromatic rings. The Labute approximate surface area is 375 Å². The van der Waals surface area contributed by atoms with E-state index in [2.05, 4.69) is 9.13 Å². The van der Waals surface area contributed by atoms with Crippen molar-refractivity contribution in [3.05, 3.63) is 222 Å². The van der Waals surface area contributed by atoms with E-state index in [1.807, 2.05) is 133 Å². The molecule has 328 valence electrons. The van der Waals surface area contributed by atoms with Gasteiger partial charge in [-0.2, -0.15) is 0 Å². The van der Waals surface area contributed by atoms with Crippen LogP contribution in [-0.4, -0.2) is 27.4 Å². The average molecular weight is 879 g/mol. The molecular weight excluding hydrogens is 837 g/mol. The highest BCUT2D eigenvalue weighted by Crippen LogP contribution is 2.45. The van der Waals surface area contributed by atoms with Gasteiger partial charge < -0.3 is 27.4 Å². The number of furan rings is 2. The number of aryl methyl sites for hydroxylation is 2. The fraction of sp³-hybridized carbons (Fsp3) is 0.154. The summed E-state index contributed by atoms with van der Waals surface area (Å²) in [6.45, 7) is 0.718. The average Bonchev–Trinajstić information content (AvgIpc) is 4.18. The van der Waals surface area contributed by atoms with Crippen LogP contribution in [0.2, 0.25) is 0 Å². The first-order valence-corrected chi connectivity index (χ1v) is 21.4. The maximum atomic E-state index is 13.6. The summed E-state index contributed by atoms with van der Waals surface area (Å²) in [5.41, 5.74) is 7.98. The molecule has 14 heteroatoms. The molecular formula is C52H42N6O8. The fourth-order valence-corrected chi connectivity index (χ4v) is 9.63. The molecule has 66 heavy (non-hydrogen) atoms. The van der Waals surface area contributed by atoms with Crippen LogP contribution < -0.4 is 22.5 Å². The van der Waals surface area contributed by atoms with Gasteiger partial charge in [-0.05, 0) is 47.5 Å². The maximum absolute atomic E-state index is 13.6. The zero-order valence-corrected chi connectivity index (χ0v) is 36.4. The zero-order valence-electron chi connectivity index (χ0n) is 36.4. The lowest BCUT2D eigenvalue weighted by Gasteiger charge is -2.17. The molecule has 2 aliphatic rings. The number of ether oxygens (including phenoxy) is 2. The Balaban J connectivity index is 0.000000146. The number of rotatable bonds is 4. The quantitative estimate of drug-likeness (QED) is 0.174. The molecule has 12 rings (SSSR count). The second-order valence-corrected chi connectivity index (χ2v) is 16.4. The van der Waals surface area contributed by atoms with E-state index in [9.17, 15) is 19.2 Å². The van der Waals surface area contributed by atoms with E-state index >= 15 is 0 Å². The van der Waals surface area contributed by atoms with Crippen molar-refractivity contribution in [3.8, 4) is 33.9 Å². The fourth-order valence-electron chi connectivity index (χ4n) is 9.63. The maximum Gasteiger partial charge on any atom is 0.331 e. The minimum absolute atomic E-state index is 0.344. The standard InChI is InChI=1S/2C26H21N3O4/c2*1-27-22-20(25(30)28(2)26(27)31)21(16-9-4-3-5-10-16)29-18-12-7-6-11-17(18)15-33-24(23(22)29)19-13-8-14-32-19/h2*3-14,24H,15H2,1-2H3/t2*24-/m10/s1. The lowest BCUT2D eigenvalue weighted by Crippen LogP contribution is -2.37. The summed E-state index contributed by atoms with van der Waals surface area (Å²) in [6, 6.07) is 42.8. The van der Waals surface area contributed by atoms with Crippen molar-refractivity contribution in [2.24, 2.45) is 28.2 Å². The largest absolute Gasteiger partial charge is 0.466 e. The molecule has 0 aliphatic carbocycles. The smallest absolute Gasteiger partial charge is 0.331 e. The van der Waals surface area contributed by atoms with Crippen LogP contribution >= 0.6 is 0 Å². The lowest BCUT2D eigenvalue weighted by atomic mass is 10.1. The first-order chi connectivity index (χ1) is 32.2. The molecule has 0 radical (unpaired) electrons. The molecule has 0 amide bonds. The van der Waals surface area contributed by atoms with Crippen molar-refractivity contribution < 1.29 is 18.3 Å². The number of nitrogens with zero attached hydrogens (tertiary/aromatic N) is 6. The topological polar surface area (TPSA) is 143 Å². The van der Waals surface area contributed by atoms with Crippen molar-refractivity contribution in [1.29, 1.82) is 0 Å². The van der Waals surface area contributed by atoms with E-state index in [4.69, 9.17) is 18.3 Å². The van der Waals surface area contributed by atoms with E-state index < -0.39 is 23.6 Å². The number of hydrogen-bond donors (Lipinski definition) is 0. The molecule has 0 fully saturated rings. The third-order valence-corrected chi connectivity index (χ3v) is 12.7. The Morgan fingerprint density at radius 2 is 0.818 bits per heavy atom. The minimum Gasteiger partial charge on any atom is -0.466 e. The summed E-state index contributed by atoms with van der Waals surface area (Å²) in [7, 11) is 6.40. The lowest BCUT2D eigenvalue weighted by molar-refractivity contribution is 0.0533. The van der Waals surface area contributed by atoms with E-state index in [-0.39, 0.29) is 11.1 Å². The van der Waals surface area contributed by atoms with Gasteiger partial charge in [0, 0.05) is 39.3 Å². The van der Waals surface area contributed by atoms with Gasteiger partial charge in [0.1, 0.15) is 11.5 Å². The van der Waals surface area contributed by atoms with Crippen molar-refractivity contribution in [2.45, 2.75) is 25.4 Å². The zero-order chi connectivity index (χ0) is 45.4. The van der Waals surface area contributed by atoms with Gasteiger partial charge in [-0.1, -0.05) is 97.1 Å². The van der Waals surface area contributed by atoms with Gasteiger partial charge >= 0.3 is 11.4 Å². The molecule has 8 heterocycles. The van der Waals surface area contributed by atoms with Gasteiger partial charge in [-0.15, -0.1) is 0 Å². The highest BCUT2D eigenvalue weighted by Gasteiger charge is 2.37. The summed E-state index contributed by atoms with van der Waals surface area (Å²) in [4.78, 5) is 53.2. The summed E-state index contributed by atoms with van der Waals surface area (Å²) < 4.78 is 33.8. The highest BCUT2D eigenvalue weighted by molar-refractivity contribution is 5.99. The molecule has 2 atom stereocenters. The molecule has 0 saturated carbocycles. The highest BCUT2D eigenvalue weighted by atomic mass is 16.5. The summed E-state index contributed by atoms with van der Waals surface area (Å²) in [5.74, 6) is 1.22. The van der Waals surface area contributed by atoms with Gasteiger partial charge in [-0.3, -0.25) is 27.9 Å². The van der Waals surface area contributed by atoms with Gasteiger partial charge in [0.25, 0.3) is 11.1 Å². The Kier molecular flexibility index (Phi) is 9.71. The molecule has 0 bridgehead atoms. The van der Waals surface area contributed by atoms with E-state index in [1.165, 1.54) is 23.2 Å². The van der Waals surface area contributed by atoms with Crippen molar-refractivity contribution >= 4 is 21.8 Å². The number of para-hydroxylation sites is 2. The predicted molar refractivity (Wildman–Crippen MR) is 249 cm³/mol. The van der Waals surface area contributed by atoms with Gasteiger partial charge in [0.15, 0.2) is 12.2 Å². The van der Waals surface area contributed by atoms with E-state index in [0.717, 1.165) is 54.2 Å². The second kappa shape index (κ2) is 15.8. The number of aromatic nitrogens is 6. The first-order valence-electron chi connectivity index (χ1n) is 21.4. The number of benzene rings is 4. The third kappa shape index (κ3) is 6.10. The van der Waals surface area contributed by atoms with Crippen LogP contribution in [0, 0.1) is 0 Å². The molecule has 0 spiro atoms. The molecule has 2 aliphatic heterocycles. The molecule has 0 unspecified atom stereocenters. The van der Waals surface area contributed by atoms with Crippen LogP contribution in [0.15, 0.2) is 174 Å². The number of hydrogen-bond acceptors (Lipinski definition) is 8. The molecule has 14 nitrogen and oxygen atoms in total. The normalized spacial score (nSPS) is 15.3. The molecule has 4 aromatic carbocycles. The van der Waals surface area contributed by atoms with Crippen LogP contribution in [0.3, 0.4) is 0 Å².